The summed E-state index contributed by atoms with van der Waals surface area (Å²) in [6.07, 6.45) is -4.22. The van der Waals surface area contributed by atoms with Gasteiger partial charge in [-0.05, 0) is 6.92 Å². The van der Waals surface area contributed by atoms with Gasteiger partial charge in [-0.1, -0.05) is 0 Å². The molecule has 0 heterocycles. The Hall–Kier alpha value is -0.330. The second-order valence-electron chi connectivity index (χ2n) is 2.81. The molecule has 0 spiro atoms. The van der Waals surface area contributed by atoms with E-state index in [0.29, 0.717) is 6.61 Å². The van der Waals surface area contributed by atoms with Crippen molar-refractivity contribution in [1.29, 1.82) is 0 Å². The van der Waals surface area contributed by atoms with Gasteiger partial charge in [0, 0.05) is 19.7 Å². The van der Waals surface area contributed by atoms with Gasteiger partial charge in [-0.2, -0.15) is 13.2 Å². The van der Waals surface area contributed by atoms with E-state index in [9.17, 15) is 13.2 Å². The smallest absolute Gasteiger partial charge is 0.395 e. The summed E-state index contributed by atoms with van der Waals surface area (Å²) in [5, 5.41) is 8.54. The van der Waals surface area contributed by atoms with Crippen molar-refractivity contribution in [3.8, 4) is 0 Å². The molecule has 6 heteroatoms. The molecule has 0 aromatic heterocycles. The molecule has 0 amide bonds. The lowest BCUT2D eigenvalue weighted by Gasteiger charge is -2.22. The summed E-state index contributed by atoms with van der Waals surface area (Å²) < 4.78 is 40.9. The third-order valence-electron chi connectivity index (χ3n) is 1.58. The summed E-state index contributed by atoms with van der Waals surface area (Å²) in [5.41, 5.74) is 0. The van der Waals surface area contributed by atoms with Crippen LogP contribution in [0.5, 0.6) is 0 Å². The van der Waals surface area contributed by atoms with Crippen LogP contribution in [0.1, 0.15) is 6.92 Å². The fraction of sp³-hybridized carbons (Fsp3) is 1.00. The average molecular weight is 215 g/mol. The molecule has 0 atom stereocenters. The van der Waals surface area contributed by atoms with Crippen LogP contribution < -0.4 is 0 Å². The van der Waals surface area contributed by atoms with Crippen LogP contribution >= 0.6 is 0 Å². The molecule has 0 radical (unpaired) electrons. The third-order valence-corrected chi connectivity index (χ3v) is 1.58. The predicted octanol–water partition coefficient (Wildman–Crippen LogP) is 0.880. The van der Waals surface area contributed by atoms with Crippen LogP contribution in [0, 0.1) is 0 Å². The van der Waals surface area contributed by atoms with Crippen LogP contribution in [0.3, 0.4) is 0 Å². The first-order valence-corrected chi connectivity index (χ1v) is 4.47. The Labute approximate surface area is 81.5 Å². The number of hydrogen-bond acceptors (Lipinski definition) is 3. The Bertz CT molecular complexity index is 141. The number of halogens is 3. The Morgan fingerprint density at radius 1 is 1.29 bits per heavy atom. The number of alkyl halides is 3. The largest absolute Gasteiger partial charge is 0.401 e. The Morgan fingerprint density at radius 3 is 2.36 bits per heavy atom. The van der Waals surface area contributed by atoms with E-state index in [2.05, 4.69) is 0 Å². The van der Waals surface area contributed by atoms with Crippen molar-refractivity contribution < 1.29 is 23.0 Å². The van der Waals surface area contributed by atoms with Gasteiger partial charge in [0.05, 0.1) is 19.8 Å². The number of rotatable bonds is 7. The number of aliphatic hydroxyl groups excluding tert-OH is 1. The number of ether oxygens (including phenoxy) is 1. The van der Waals surface area contributed by atoms with Crippen molar-refractivity contribution in [3.63, 3.8) is 0 Å². The van der Waals surface area contributed by atoms with Gasteiger partial charge in [0.15, 0.2) is 0 Å². The van der Waals surface area contributed by atoms with E-state index < -0.39 is 12.7 Å². The van der Waals surface area contributed by atoms with E-state index in [1.807, 2.05) is 0 Å². The van der Waals surface area contributed by atoms with Gasteiger partial charge in [0.2, 0.25) is 0 Å². The summed E-state index contributed by atoms with van der Waals surface area (Å²) >= 11 is 0. The van der Waals surface area contributed by atoms with Gasteiger partial charge in [0.25, 0.3) is 0 Å². The predicted molar refractivity (Wildman–Crippen MR) is 46.1 cm³/mol. The minimum atomic E-state index is -4.22. The maximum Gasteiger partial charge on any atom is 0.401 e. The van der Waals surface area contributed by atoms with Gasteiger partial charge in [-0.15, -0.1) is 0 Å². The quantitative estimate of drug-likeness (QED) is 0.640. The van der Waals surface area contributed by atoms with Crippen LogP contribution in [0.2, 0.25) is 0 Å². The SMILES string of the molecule is CCOCCN(CCO)CC(F)(F)F. The highest BCUT2D eigenvalue weighted by Crippen LogP contribution is 2.15. The Balaban J connectivity index is 3.77. The first kappa shape index (κ1) is 13.7. The molecule has 0 rings (SSSR count). The lowest BCUT2D eigenvalue weighted by Crippen LogP contribution is -2.38. The van der Waals surface area contributed by atoms with Gasteiger partial charge in [-0.3, -0.25) is 4.90 Å². The standard InChI is InChI=1S/C8H16F3NO2/c1-2-14-6-4-12(3-5-13)7-8(9,10)11/h13H,2-7H2,1H3. The lowest BCUT2D eigenvalue weighted by atomic mass is 10.4. The van der Waals surface area contributed by atoms with Gasteiger partial charge >= 0.3 is 6.18 Å². The fourth-order valence-corrected chi connectivity index (χ4v) is 1.00. The second-order valence-corrected chi connectivity index (χ2v) is 2.81. The van der Waals surface area contributed by atoms with Crippen molar-refractivity contribution in [2.45, 2.75) is 13.1 Å². The molecule has 0 aromatic rings. The first-order valence-electron chi connectivity index (χ1n) is 4.47. The summed E-state index contributed by atoms with van der Waals surface area (Å²) in [4.78, 5) is 1.12. The fourth-order valence-electron chi connectivity index (χ4n) is 1.00. The van der Waals surface area contributed by atoms with E-state index in [-0.39, 0.29) is 26.3 Å². The van der Waals surface area contributed by atoms with Crippen LogP contribution in [0.4, 0.5) is 13.2 Å². The van der Waals surface area contributed by atoms with Crippen molar-refractivity contribution in [2.24, 2.45) is 0 Å². The van der Waals surface area contributed by atoms with E-state index in [1.54, 1.807) is 6.92 Å². The number of nitrogens with zero attached hydrogens (tertiary/aromatic N) is 1. The normalized spacial score (nSPS) is 12.4. The second kappa shape index (κ2) is 7.03. The number of aliphatic hydroxyl groups is 1. The van der Waals surface area contributed by atoms with E-state index in [0.717, 1.165) is 4.90 Å². The first-order chi connectivity index (χ1) is 6.49. The Morgan fingerprint density at radius 2 is 1.93 bits per heavy atom. The van der Waals surface area contributed by atoms with Gasteiger partial charge in [0.1, 0.15) is 0 Å². The molecule has 0 saturated heterocycles. The molecular formula is C8H16F3NO2. The summed E-state index contributed by atoms with van der Waals surface area (Å²) in [6.45, 7) is 1.45. The molecule has 0 saturated carbocycles. The van der Waals surface area contributed by atoms with Crippen LogP contribution in [0.15, 0.2) is 0 Å². The van der Waals surface area contributed by atoms with Crippen LogP contribution in [0.25, 0.3) is 0 Å². The minimum Gasteiger partial charge on any atom is -0.395 e. The molecule has 0 aromatic carbocycles. The highest BCUT2D eigenvalue weighted by molar-refractivity contribution is 4.62. The topological polar surface area (TPSA) is 32.7 Å². The highest BCUT2D eigenvalue weighted by Gasteiger charge is 2.30. The van der Waals surface area contributed by atoms with E-state index in [1.165, 1.54) is 0 Å². The zero-order chi connectivity index (χ0) is 11.0. The zero-order valence-corrected chi connectivity index (χ0v) is 8.18. The van der Waals surface area contributed by atoms with Crippen LogP contribution in [-0.4, -0.2) is 55.6 Å². The van der Waals surface area contributed by atoms with E-state index >= 15 is 0 Å². The minimum absolute atomic E-state index is 0.0204. The van der Waals surface area contributed by atoms with Gasteiger partial charge in [-0.25, -0.2) is 0 Å². The van der Waals surface area contributed by atoms with Crippen molar-refractivity contribution in [3.05, 3.63) is 0 Å². The maximum absolute atomic E-state index is 12.0. The molecular weight excluding hydrogens is 199 g/mol. The molecule has 0 aliphatic heterocycles. The molecule has 0 aliphatic carbocycles. The number of hydrogen-bond donors (Lipinski definition) is 1. The van der Waals surface area contributed by atoms with E-state index in [4.69, 9.17) is 9.84 Å². The molecule has 0 unspecified atom stereocenters. The average Bonchev–Trinajstić information content (AvgIpc) is 2.02. The summed E-state index contributed by atoms with van der Waals surface area (Å²) in [7, 11) is 0. The Kier molecular flexibility index (Phi) is 6.86. The summed E-state index contributed by atoms with van der Waals surface area (Å²) in [5.74, 6) is 0. The maximum atomic E-state index is 12.0. The van der Waals surface area contributed by atoms with Gasteiger partial charge < -0.3 is 9.84 Å². The molecule has 14 heavy (non-hydrogen) atoms. The molecule has 0 fully saturated rings. The van der Waals surface area contributed by atoms with Crippen molar-refractivity contribution in [1.82, 2.24) is 4.90 Å². The molecule has 3 nitrogen and oxygen atoms in total. The highest BCUT2D eigenvalue weighted by atomic mass is 19.4. The molecule has 1 N–H and O–H groups in total. The summed E-state index contributed by atoms with van der Waals surface area (Å²) in [6, 6.07) is 0. The van der Waals surface area contributed by atoms with Crippen molar-refractivity contribution >= 4 is 0 Å². The lowest BCUT2D eigenvalue weighted by molar-refractivity contribution is -0.148. The third kappa shape index (κ3) is 8.28. The molecule has 0 bridgehead atoms. The molecule has 0 aliphatic rings. The van der Waals surface area contributed by atoms with Crippen LogP contribution in [-0.2, 0) is 4.74 Å². The zero-order valence-electron chi connectivity index (χ0n) is 8.18. The molecule has 86 valence electrons. The van der Waals surface area contributed by atoms with Crippen molar-refractivity contribution in [2.75, 3.05) is 39.5 Å². The monoisotopic (exact) mass is 215 g/mol.